The van der Waals surface area contributed by atoms with Gasteiger partial charge in [0.2, 0.25) is 0 Å². The number of rotatable bonds is 9. The van der Waals surface area contributed by atoms with Gasteiger partial charge in [0.25, 0.3) is 0 Å². The molecular weight excluding hydrogens is 410 g/mol. The zero-order valence-electron chi connectivity index (χ0n) is 20.3. The molecule has 3 rings (SSSR count). The maximum atomic E-state index is 13.0. The summed E-state index contributed by atoms with van der Waals surface area (Å²) in [7, 11) is 1.66. The van der Waals surface area contributed by atoms with E-state index in [1.54, 1.807) is 7.11 Å². The maximum absolute atomic E-state index is 13.0. The lowest BCUT2D eigenvalue weighted by molar-refractivity contribution is -0.156. The molecular formula is C29H35NO3. The second-order valence-corrected chi connectivity index (χ2v) is 9.32. The third-order valence-corrected chi connectivity index (χ3v) is 5.67. The highest BCUT2D eigenvalue weighted by atomic mass is 16.6. The molecule has 2 atom stereocenters. The first kappa shape index (κ1) is 24.5. The van der Waals surface area contributed by atoms with Gasteiger partial charge in [-0.15, -0.1) is 0 Å². The standard InChI is InChI=1S/C29H35NO3/c1-22(24-14-10-7-11-15-24)30(21-23-12-8-6-9-13-23)27(20-28(31)33-29(2,3)4)25-16-18-26(32-5)19-17-25/h6-19,22,27H,20-21H2,1-5H3/t22-,27-/m0/s1. The van der Waals surface area contributed by atoms with E-state index in [0.29, 0.717) is 6.54 Å². The minimum Gasteiger partial charge on any atom is -0.497 e. The Morgan fingerprint density at radius 2 is 1.42 bits per heavy atom. The molecule has 0 saturated carbocycles. The van der Waals surface area contributed by atoms with Crippen molar-refractivity contribution in [3.63, 3.8) is 0 Å². The van der Waals surface area contributed by atoms with Crippen LogP contribution in [0, 0.1) is 0 Å². The first-order valence-corrected chi connectivity index (χ1v) is 11.5. The Balaban J connectivity index is 2.02. The molecule has 4 heteroatoms. The molecule has 4 nitrogen and oxygen atoms in total. The molecule has 0 aliphatic heterocycles. The summed E-state index contributed by atoms with van der Waals surface area (Å²) in [4.78, 5) is 15.4. The van der Waals surface area contributed by atoms with E-state index in [4.69, 9.17) is 9.47 Å². The second-order valence-electron chi connectivity index (χ2n) is 9.32. The van der Waals surface area contributed by atoms with Crippen LogP contribution in [-0.4, -0.2) is 23.6 Å². The first-order chi connectivity index (χ1) is 15.8. The molecule has 0 unspecified atom stereocenters. The van der Waals surface area contributed by atoms with E-state index in [1.807, 2.05) is 57.2 Å². The Morgan fingerprint density at radius 1 is 0.848 bits per heavy atom. The van der Waals surface area contributed by atoms with Crippen LogP contribution in [0.25, 0.3) is 0 Å². The van der Waals surface area contributed by atoms with Gasteiger partial charge in [-0.25, -0.2) is 0 Å². The molecule has 0 amide bonds. The highest BCUT2D eigenvalue weighted by Gasteiger charge is 2.30. The number of ether oxygens (including phenoxy) is 2. The fraction of sp³-hybridized carbons (Fsp3) is 0.345. The molecule has 0 N–H and O–H groups in total. The van der Waals surface area contributed by atoms with Gasteiger partial charge in [-0.2, -0.15) is 0 Å². The predicted molar refractivity (Wildman–Crippen MR) is 133 cm³/mol. The summed E-state index contributed by atoms with van der Waals surface area (Å²) >= 11 is 0. The smallest absolute Gasteiger partial charge is 0.308 e. The summed E-state index contributed by atoms with van der Waals surface area (Å²) in [5, 5.41) is 0. The highest BCUT2D eigenvalue weighted by Crippen LogP contribution is 2.36. The quantitative estimate of drug-likeness (QED) is 0.342. The van der Waals surface area contributed by atoms with Gasteiger partial charge in [0.1, 0.15) is 11.4 Å². The number of hydrogen-bond acceptors (Lipinski definition) is 4. The topological polar surface area (TPSA) is 38.8 Å². The van der Waals surface area contributed by atoms with E-state index in [-0.39, 0.29) is 24.5 Å². The van der Waals surface area contributed by atoms with Crippen molar-refractivity contribution in [3.05, 3.63) is 102 Å². The molecule has 0 bridgehead atoms. The average Bonchev–Trinajstić information content (AvgIpc) is 2.81. The van der Waals surface area contributed by atoms with Gasteiger partial charge < -0.3 is 9.47 Å². The predicted octanol–water partition coefficient (Wildman–Crippen LogP) is 6.73. The van der Waals surface area contributed by atoms with Crippen LogP contribution in [0.15, 0.2) is 84.9 Å². The van der Waals surface area contributed by atoms with E-state index in [2.05, 4.69) is 60.4 Å². The van der Waals surface area contributed by atoms with Gasteiger partial charge in [-0.05, 0) is 56.5 Å². The maximum Gasteiger partial charge on any atom is 0.308 e. The number of hydrogen-bond donors (Lipinski definition) is 0. The molecule has 174 valence electrons. The molecule has 0 heterocycles. The SMILES string of the molecule is COc1ccc([C@H](CC(=O)OC(C)(C)C)N(Cc2ccccc2)[C@@H](C)c2ccccc2)cc1. The van der Waals surface area contributed by atoms with Crippen LogP contribution in [0.1, 0.15) is 62.9 Å². The number of carbonyl (C=O) groups is 1. The Kier molecular flexibility index (Phi) is 8.29. The first-order valence-electron chi connectivity index (χ1n) is 11.5. The van der Waals surface area contributed by atoms with Crippen LogP contribution < -0.4 is 4.74 Å². The van der Waals surface area contributed by atoms with Crippen LogP contribution >= 0.6 is 0 Å². The molecule has 0 spiro atoms. The molecule has 33 heavy (non-hydrogen) atoms. The minimum absolute atomic E-state index is 0.0842. The minimum atomic E-state index is -0.531. The van der Waals surface area contributed by atoms with Gasteiger partial charge >= 0.3 is 5.97 Å². The van der Waals surface area contributed by atoms with Crippen molar-refractivity contribution >= 4 is 5.97 Å². The number of benzene rings is 3. The fourth-order valence-electron chi connectivity index (χ4n) is 4.03. The lowest BCUT2D eigenvalue weighted by atomic mass is 9.96. The largest absolute Gasteiger partial charge is 0.497 e. The van der Waals surface area contributed by atoms with E-state index >= 15 is 0 Å². The highest BCUT2D eigenvalue weighted by molar-refractivity contribution is 5.71. The van der Waals surface area contributed by atoms with Crippen molar-refractivity contribution in [1.82, 2.24) is 4.90 Å². The van der Waals surface area contributed by atoms with Gasteiger partial charge in [0.05, 0.1) is 13.5 Å². The summed E-state index contributed by atoms with van der Waals surface area (Å²) in [6, 6.07) is 28.7. The number of carbonyl (C=O) groups excluding carboxylic acids is 1. The summed E-state index contributed by atoms with van der Waals surface area (Å²) in [6.07, 6.45) is 0.258. The molecule has 0 aliphatic rings. The van der Waals surface area contributed by atoms with E-state index in [9.17, 15) is 4.79 Å². The molecule has 0 saturated heterocycles. The van der Waals surface area contributed by atoms with Crippen molar-refractivity contribution in [3.8, 4) is 5.75 Å². The molecule has 3 aromatic carbocycles. The van der Waals surface area contributed by atoms with Gasteiger partial charge in [0, 0.05) is 18.6 Å². The zero-order valence-corrected chi connectivity index (χ0v) is 20.3. The molecule has 0 fully saturated rings. The summed E-state index contributed by atoms with van der Waals surface area (Å²) in [5.41, 5.74) is 2.93. The normalized spacial score (nSPS) is 13.4. The summed E-state index contributed by atoms with van der Waals surface area (Å²) in [5.74, 6) is 0.585. The molecule has 3 aromatic rings. The van der Waals surface area contributed by atoms with Gasteiger partial charge in [-0.3, -0.25) is 9.69 Å². The van der Waals surface area contributed by atoms with E-state index < -0.39 is 5.60 Å². The lowest BCUT2D eigenvalue weighted by Crippen LogP contribution is -2.34. The Hall–Kier alpha value is -3.11. The zero-order chi connectivity index (χ0) is 23.8. The number of esters is 1. The van der Waals surface area contributed by atoms with Crippen LogP contribution in [0.3, 0.4) is 0 Å². The van der Waals surface area contributed by atoms with Crippen molar-refractivity contribution in [1.29, 1.82) is 0 Å². The van der Waals surface area contributed by atoms with Crippen LogP contribution in [0.2, 0.25) is 0 Å². The number of nitrogens with zero attached hydrogens (tertiary/aromatic N) is 1. The second kappa shape index (κ2) is 11.2. The molecule has 0 radical (unpaired) electrons. The summed E-state index contributed by atoms with van der Waals surface area (Å²) in [6.45, 7) is 8.62. The Labute approximate surface area is 198 Å². The Bertz CT molecular complexity index is 995. The summed E-state index contributed by atoms with van der Waals surface area (Å²) < 4.78 is 11.1. The number of methoxy groups -OCH3 is 1. The Morgan fingerprint density at radius 3 is 1.97 bits per heavy atom. The monoisotopic (exact) mass is 445 g/mol. The van der Waals surface area contributed by atoms with Gasteiger partial charge in [0.15, 0.2) is 0 Å². The van der Waals surface area contributed by atoms with Crippen LogP contribution in [-0.2, 0) is 16.1 Å². The fourth-order valence-corrected chi connectivity index (χ4v) is 4.03. The molecule has 0 aromatic heterocycles. The van der Waals surface area contributed by atoms with Crippen LogP contribution in [0.5, 0.6) is 5.75 Å². The van der Waals surface area contributed by atoms with Crippen molar-refractivity contribution < 1.29 is 14.3 Å². The third-order valence-electron chi connectivity index (χ3n) is 5.67. The van der Waals surface area contributed by atoms with Crippen LogP contribution in [0.4, 0.5) is 0 Å². The lowest BCUT2D eigenvalue weighted by Gasteiger charge is -2.37. The van der Waals surface area contributed by atoms with Gasteiger partial charge in [-0.1, -0.05) is 72.8 Å². The average molecular weight is 446 g/mol. The van der Waals surface area contributed by atoms with E-state index in [0.717, 1.165) is 11.3 Å². The van der Waals surface area contributed by atoms with Crippen molar-refractivity contribution in [2.24, 2.45) is 0 Å². The molecule has 0 aliphatic carbocycles. The third kappa shape index (κ3) is 7.19. The van der Waals surface area contributed by atoms with Crippen molar-refractivity contribution in [2.75, 3.05) is 7.11 Å². The van der Waals surface area contributed by atoms with Crippen molar-refractivity contribution in [2.45, 2.75) is 58.3 Å². The van der Waals surface area contributed by atoms with E-state index in [1.165, 1.54) is 11.1 Å².